The summed E-state index contributed by atoms with van der Waals surface area (Å²) in [6.45, 7) is 2.02. The summed E-state index contributed by atoms with van der Waals surface area (Å²) in [5.41, 5.74) is -0.195. The van der Waals surface area contributed by atoms with E-state index in [1.54, 1.807) is 13.0 Å². The van der Waals surface area contributed by atoms with Gasteiger partial charge in [0.25, 0.3) is 5.91 Å². The minimum Gasteiger partial charge on any atom is -0.433 e. The largest absolute Gasteiger partial charge is 0.433 e. The van der Waals surface area contributed by atoms with Gasteiger partial charge < -0.3 is 19.7 Å². The molecule has 0 saturated carbocycles. The predicted octanol–water partition coefficient (Wildman–Crippen LogP) is 1.23. The normalized spacial score (nSPS) is 28.5. The number of esters is 1. The fourth-order valence-electron chi connectivity index (χ4n) is 5.06. The van der Waals surface area contributed by atoms with Crippen LogP contribution in [0.2, 0.25) is 0 Å². The highest BCUT2D eigenvalue weighted by molar-refractivity contribution is 6.31. The van der Waals surface area contributed by atoms with E-state index in [0.717, 1.165) is 11.0 Å². The van der Waals surface area contributed by atoms with E-state index in [1.807, 2.05) is 6.08 Å². The highest BCUT2D eigenvalue weighted by atomic mass is 19.1. The second kappa shape index (κ2) is 11.0. The summed E-state index contributed by atoms with van der Waals surface area (Å²) in [7, 11) is 0. The molecule has 1 N–H and O–H groups in total. The van der Waals surface area contributed by atoms with Crippen LogP contribution in [-0.2, 0) is 33.4 Å². The van der Waals surface area contributed by atoms with Gasteiger partial charge in [-0.3, -0.25) is 28.9 Å². The average Bonchev–Trinajstić information content (AvgIpc) is 3.42. The molecule has 0 aromatic heterocycles. The lowest BCUT2D eigenvalue weighted by molar-refractivity contribution is -0.164. The maximum absolute atomic E-state index is 14.7. The van der Waals surface area contributed by atoms with E-state index in [2.05, 4.69) is 5.32 Å². The van der Waals surface area contributed by atoms with Crippen LogP contribution in [0.4, 0.5) is 10.1 Å². The van der Waals surface area contributed by atoms with Crippen molar-refractivity contribution in [3.8, 4) is 0 Å². The van der Waals surface area contributed by atoms with Crippen LogP contribution in [-0.4, -0.2) is 71.9 Å². The van der Waals surface area contributed by atoms with Crippen LogP contribution in [0.5, 0.6) is 0 Å². The number of benzene rings is 1. The summed E-state index contributed by atoms with van der Waals surface area (Å²) < 4.78 is 25.2. The number of ether oxygens (including phenoxy) is 2. The van der Waals surface area contributed by atoms with Gasteiger partial charge in [0.15, 0.2) is 0 Å². The Kier molecular flexibility index (Phi) is 7.78. The van der Waals surface area contributed by atoms with Crippen molar-refractivity contribution in [3.63, 3.8) is 0 Å². The molecular formula is C25H28FN3O7. The summed E-state index contributed by atoms with van der Waals surface area (Å²) in [5.74, 6) is -3.35. The zero-order valence-electron chi connectivity index (χ0n) is 19.8. The lowest BCUT2D eigenvalue weighted by Crippen LogP contribution is -2.58. The molecule has 0 radical (unpaired) electrons. The molecule has 3 aliphatic rings. The summed E-state index contributed by atoms with van der Waals surface area (Å²) >= 11 is 0. The number of hydrogen-bond acceptors (Lipinski definition) is 7. The van der Waals surface area contributed by atoms with Crippen molar-refractivity contribution >= 4 is 35.7 Å². The molecule has 1 aromatic carbocycles. The van der Waals surface area contributed by atoms with Gasteiger partial charge in [-0.2, -0.15) is 0 Å². The maximum Gasteiger partial charge on any atom is 0.310 e. The monoisotopic (exact) mass is 501 g/mol. The van der Waals surface area contributed by atoms with Crippen molar-refractivity contribution in [1.29, 1.82) is 0 Å². The summed E-state index contributed by atoms with van der Waals surface area (Å²) in [6.07, 6.45) is 4.12. The Morgan fingerprint density at radius 1 is 1.22 bits per heavy atom. The number of nitrogens with zero attached hydrogens (tertiary/aromatic N) is 2. The number of anilines is 1. The number of aldehydes is 1. The van der Waals surface area contributed by atoms with Crippen molar-refractivity contribution < 1.29 is 37.8 Å². The molecule has 1 aromatic rings. The number of halogens is 1. The first kappa shape index (κ1) is 25.5. The number of cyclic esters (lactones) is 1. The topological polar surface area (TPSA) is 122 Å². The third-order valence-corrected chi connectivity index (χ3v) is 6.66. The van der Waals surface area contributed by atoms with Crippen LogP contribution in [0, 0.1) is 5.82 Å². The quantitative estimate of drug-likeness (QED) is 0.258. The first-order chi connectivity index (χ1) is 17.3. The number of rotatable bonds is 7. The first-order valence-corrected chi connectivity index (χ1v) is 12.0. The van der Waals surface area contributed by atoms with Gasteiger partial charge in [0, 0.05) is 12.6 Å². The molecular weight excluding hydrogens is 473 g/mol. The number of hydrogen-bond donors (Lipinski definition) is 1. The number of nitrogens with one attached hydrogen (secondary N) is 1. The lowest BCUT2D eigenvalue weighted by Gasteiger charge is -2.38. The molecule has 4 rings (SSSR count). The lowest BCUT2D eigenvalue weighted by atomic mass is 10.0. The number of fused-ring (bicyclic) bond motifs is 1. The number of carbonyl (C=O) groups excluding carboxylic acids is 5. The minimum atomic E-state index is -1.22. The van der Waals surface area contributed by atoms with Gasteiger partial charge in [0.2, 0.25) is 24.4 Å². The molecule has 0 spiro atoms. The van der Waals surface area contributed by atoms with Gasteiger partial charge in [-0.15, -0.1) is 0 Å². The number of amides is 3. The zero-order chi connectivity index (χ0) is 25.8. The minimum absolute atomic E-state index is 0.0405. The highest BCUT2D eigenvalue weighted by Crippen LogP contribution is 2.33. The van der Waals surface area contributed by atoms with E-state index < -0.39 is 53.9 Å². The van der Waals surface area contributed by atoms with Crippen LogP contribution < -0.4 is 10.2 Å². The predicted molar refractivity (Wildman–Crippen MR) is 124 cm³/mol. The molecule has 2 unspecified atom stereocenters. The Morgan fingerprint density at radius 2 is 1.97 bits per heavy atom. The Balaban J connectivity index is 1.62. The molecule has 0 bridgehead atoms. The van der Waals surface area contributed by atoms with Gasteiger partial charge in [0.05, 0.1) is 12.1 Å². The van der Waals surface area contributed by atoms with Gasteiger partial charge in [-0.1, -0.05) is 24.3 Å². The van der Waals surface area contributed by atoms with E-state index in [1.165, 1.54) is 23.1 Å². The second-order valence-corrected chi connectivity index (χ2v) is 8.86. The van der Waals surface area contributed by atoms with Crippen LogP contribution in [0.25, 0.3) is 0 Å². The highest BCUT2D eigenvalue weighted by Gasteiger charge is 2.47. The van der Waals surface area contributed by atoms with Gasteiger partial charge in [-0.25, -0.2) is 4.39 Å². The fraction of sp³-hybridized carbons (Fsp3) is 0.480. The van der Waals surface area contributed by atoms with E-state index in [-0.39, 0.29) is 37.5 Å². The van der Waals surface area contributed by atoms with Crippen LogP contribution in [0.15, 0.2) is 36.4 Å². The SMILES string of the molecule is CCOC1OC(=O)CC1NC(=O)[C@@H]1CC[C@H]2C/C=C\C[C@H](N(C(=O)C=O)c3ccccc3F)C(=O)N21. The molecule has 3 heterocycles. The molecule has 0 aliphatic carbocycles. The van der Waals surface area contributed by atoms with Gasteiger partial charge >= 0.3 is 5.97 Å². The second-order valence-electron chi connectivity index (χ2n) is 8.86. The van der Waals surface area contributed by atoms with Crippen molar-refractivity contribution in [2.45, 2.75) is 69.5 Å². The van der Waals surface area contributed by atoms with Crippen molar-refractivity contribution in [2.75, 3.05) is 11.5 Å². The zero-order valence-corrected chi connectivity index (χ0v) is 19.8. The Labute approximate surface area is 207 Å². The smallest absolute Gasteiger partial charge is 0.310 e. The molecule has 11 heteroatoms. The van der Waals surface area contributed by atoms with Crippen LogP contribution >= 0.6 is 0 Å². The van der Waals surface area contributed by atoms with Gasteiger partial charge in [-0.05, 0) is 44.7 Å². The number of carbonyl (C=O) groups is 5. The fourth-order valence-corrected chi connectivity index (χ4v) is 5.06. The van der Waals surface area contributed by atoms with E-state index in [9.17, 15) is 28.4 Å². The van der Waals surface area contributed by atoms with Crippen molar-refractivity contribution in [2.24, 2.45) is 0 Å². The van der Waals surface area contributed by atoms with Crippen molar-refractivity contribution in [3.05, 3.63) is 42.2 Å². The summed E-state index contributed by atoms with van der Waals surface area (Å²) in [4.78, 5) is 65.3. The van der Waals surface area contributed by atoms with E-state index >= 15 is 0 Å². The Bertz CT molecular complexity index is 1080. The molecule has 3 amide bonds. The maximum atomic E-state index is 14.7. The van der Waals surface area contributed by atoms with E-state index in [4.69, 9.17) is 9.47 Å². The third kappa shape index (κ3) is 5.01. The molecule has 5 atom stereocenters. The Hall–Kier alpha value is -3.60. The molecule has 2 fully saturated rings. The summed E-state index contributed by atoms with van der Waals surface area (Å²) in [6, 6.07) is 2.29. The molecule has 2 saturated heterocycles. The molecule has 36 heavy (non-hydrogen) atoms. The average molecular weight is 502 g/mol. The van der Waals surface area contributed by atoms with Crippen LogP contribution in [0.3, 0.4) is 0 Å². The molecule has 10 nitrogen and oxygen atoms in total. The third-order valence-electron chi connectivity index (χ3n) is 6.66. The van der Waals surface area contributed by atoms with Crippen LogP contribution in [0.1, 0.15) is 39.0 Å². The van der Waals surface area contributed by atoms with Crippen molar-refractivity contribution in [1.82, 2.24) is 10.2 Å². The standard InChI is InChI=1S/C25H28FN3O7/c1-2-35-25-17(13-22(32)36-25)27-23(33)19-12-11-15-7-3-5-10-20(24(34)28(15)19)29(21(31)14-30)18-9-6-4-8-16(18)26/h3-6,8-9,14-15,17,19-20,25H,2,7,10-13H2,1H3,(H,27,33)/b5-3-/t15-,17?,19+,20+,25?/m1/s1. The molecule has 192 valence electrons. The molecule has 3 aliphatic heterocycles. The summed E-state index contributed by atoms with van der Waals surface area (Å²) in [5, 5.41) is 2.78. The first-order valence-electron chi connectivity index (χ1n) is 12.0. The van der Waals surface area contributed by atoms with E-state index in [0.29, 0.717) is 19.3 Å². The number of para-hydroxylation sites is 1. The Morgan fingerprint density at radius 3 is 2.69 bits per heavy atom. The van der Waals surface area contributed by atoms with Gasteiger partial charge in [0.1, 0.15) is 23.9 Å².